The van der Waals surface area contributed by atoms with E-state index in [9.17, 15) is 0 Å². The fourth-order valence-electron chi connectivity index (χ4n) is 8.94. The lowest BCUT2D eigenvalue weighted by Gasteiger charge is -2.32. The van der Waals surface area contributed by atoms with Crippen molar-refractivity contribution in [2.75, 3.05) is 79.0 Å². The fraction of sp³-hybridized carbons (Fsp3) is 0.500. The molecule has 2 aromatic carbocycles. The molecular weight excluding hydrogens is 763 g/mol. The summed E-state index contributed by atoms with van der Waals surface area (Å²) in [6, 6.07) is 17.6. The molecule has 1 unspecified atom stereocenters. The van der Waals surface area contributed by atoms with Gasteiger partial charge in [0.15, 0.2) is 24.7 Å². The van der Waals surface area contributed by atoms with E-state index in [0.717, 1.165) is 43.0 Å². The van der Waals surface area contributed by atoms with Crippen molar-refractivity contribution in [2.24, 2.45) is 12.5 Å². The van der Waals surface area contributed by atoms with Crippen LogP contribution in [0.3, 0.4) is 0 Å². The lowest BCUT2D eigenvalue weighted by molar-refractivity contribution is -0.671. The Labute approximate surface area is 366 Å². The first-order chi connectivity index (χ1) is 29.1. The molecule has 0 amide bonds. The summed E-state index contributed by atoms with van der Waals surface area (Å²) < 4.78 is 40.0. The average molecular weight is 834 g/mol. The molecule has 3 aromatic rings. The zero-order valence-electron chi connectivity index (χ0n) is 39.0. The number of nitrogens with zero attached hydrogens (tertiary/aromatic N) is 3. The van der Waals surface area contributed by atoms with Gasteiger partial charge in [0.1, 0.15) is 31.3 Å². The van der Waals surface area contributed by atoms with Gasteiger partial charge in [-0.15, -0.1) is 0 Å². The Morgan fingerprint density at radius 1 is 0.770 bits per heavy atom. The minimum absolute atomic E-state index is 0.172. The van der Waals surface area contributed by atoms with Gasteiger partial charge in [-0.2, -0.15) is 4.58 Å². The second-order valence-corrected chi connectivity index (χ2v) is 18.6. The van der Waals surface area contributed by atoms with Gasteiger partial charge in [0.25, 0.3) is 0 Å². The third-order valence-electron chi connectivity index (χ3n) is 12.4. The van der Waals surface area contributed by atoms with Crippen molar-refractivity contribution < 1.29 is 37.6 Å². The van der Waals surface area contributed by atoms with Gasteiger partial charge < -0.3 is 33.3 Å². The molecule has 0 saturated carbocycles. The monoisotopic (exact) mass is 834 g/mol. The predicted octanol–water partition coefficient (Wildman–Crippen LogP) is 9.55. The minimum atomic E-state index is -0.253. The number of hydrogen-bond donors (Lipinski definition) is 0. The lowest BCUT2D eigenvalue weighted by atomic mass is 9.81. The summed E-state index contributed by atoms with van der Waals surface area (Å²) in [4.78, 5) is 2.44. The molecule has 3 heterocycles. The Bertz CT molecular complexity index is 2170. The summed E-state index contributed by atoms with van der Waals surface area (Å²) in [5.74, 6) is 1.83. The molecule has 0 N–H and O–H groups in total. The molecule has 9 heteroatoms. The smallest absolute Gasteiger partial charge is 0.210 e. The van der Waals surface area contributed by atoms with Crippen molar-refractivity contribution in [3.05, 3.63) is 130 Å². The van der Waals surface area contributed by atoms with Crippen LogP contribution in [0.5, 0.6) is 5.75 Å². The van der Waals surface area contributed by atoms with Gasteiger partial charge in [0.2, 0.25) is 5.69 Å². The van der Waals surface area contributed by atoms with E-state index in [2.05, 4.69) is 162 Å². The summed E-state index contributed by atoms with van der Waals surface area (Å²) in [7, 11) is 7.24. The molecule has 6 rings (SSSR count). The maximum absolute atomic E-state index is 7.39. The van der Waals surface area contributed by atoms with Gasteiger partial charge in [-0.05, 0) is 80.7 Å². The molecule has 328 valence electrons. The SMILES string of the molecule is COCCOCCOCCN1/C(=C/C=C2\CCC(/C=C/C3=[N+](CCOC)c4ccc(OC)cc4C3(C)C)=C2OC(c2cc[n+](C)cc2)C(C)(C)C)C(C)(C)c2cc(C)ccc21. The van der Waals surface area contributed by atoms with Gasteiger partial charge in [-0.3, -0.25) is 0 Å². The van der Waals surface area contributed by atoms with E-state index in [-0.39, 0.29) is 22.3 Å². The second-order valence-electron chi connectivity index (χ2n) is 18.6. The summed E-state index contributed by atoms with van der Waals surface area (Å²) in [5.41, 5.74) is 11.7. The highest BCUT2D eigenvalue weighted by atomic mass is 16.5. The fourth-order valence-corrected chi connectivity index (χ4v) is 8.94. The quantitative estimate of drug-likeness (QED) is 0.0881. The molecule has 0 saturated heterocycles. The lowest BCUT2D eigenvalue weighted by Crippen LogP contribution is -2.29. The molecule has 3 aliphatic rings. The van der Waals surface area contributed by atoms with Crippen LogP contribution in [0.25, 0.3) is 0 Å². The Hall–Kier alpha value is -4.54. The van der Waals surface area contributed by atoms with Gasteiger partial charge >= 0.3 is 0 Å². The zero-order chi connectivity index (χ0) is 44.0. The van der Waals surface area contributed by atoms with E-state index in [4.69, 9.17) is 28.4 Å². The van der Waals surface area contributed by atoms with Crippen LogP contribution in [0.2, 0.25) is 0 Å². The van der Waals surface area contributed by atoms with Crippen LogP contribution in [0, 0.1) is 12.3 Å². The van der Waals surface area contributed by atoms with Gasteiger partial charge in [0, 0.05) is 78.4 Å². The Morgan fingerprint density at radius 3 is 2.16 bits per heavy atom. The van der Waals surface area contributed by atoms with Crippen molar-refractivity contribution in [3.8, 4) is 5.75 Å². The van der Waals surface area contributed by atoms with Crippen LogP contribution >= 0.6 is 0 Å². The van der Waals surface area contributed by atoms with Crippen molar-refractivity contribution in [2.45, 2.75) is 85.2 Å². The number of fused-ring (bicyclic) bond motifs is 2. The topological polar surface area (TPSA) is 65.5 Å². The van der Waals surface area contributed by atoms with Gasteiger partial charge in [-0.1, -0.05) is 58.4 Å². The molecule has 0 bridgehead atoms. The van der Waals surface area contributed by atoms with Crippen molar-refractivity contribution in [1.29, 1.82) is 0 Å². The molecule has 0 spiro atoms. The molecule has 0 fully saturated rings. The number of aryl methyl sites for hydroxylation is 2. The van der Waals surface area contributed by atoms with Gasteiger partial charge in [-0.25, -0.2) is 4.57 Å². The van der Waals surface area contributed by atoms with Crippen LogP contribution < -0.4 is 14.2 Å². The van der Waals surface area contributed by atoms with E-state index in [1.165, 1.54) is 50.6 Å². The Kier molecular flexibility index (Phi) is 14.8. The largest absolute Gasteiger partial charge is 0.497 e. The van der Waals surface area contributed by atoms with Crippen LogP contribution in [-0.2, 0) is 41.6 Å². The maximum Gasteiger partial charge on any atom is 0.210 e. The second kappa shape index (κ2) is 19.7. The maximum atomic E-state index is 7.39. The van der Waals surface area contributed by atoms with Gasteiger partial charge in [0.05, 0.1) is 45.6 Å². The van der Waals surface area contributed by atoms with E-state index in [1.54, 1.807) is 21.3 Å². The molecular formula is C52H71N3O6+2. The van der Waals surface area contributed by atoms with Crippen LogP contribution in [0.1, 0.15) is 89.7 Å². The summed E-state index contributed by atoms with van der Waals surface area (Å²) >= 11 is 0. The first-order valence-electron chi connectivity index (χ1n) is 21.9. The molecule has 2 aliphatic heterocycles. The summed E-state index contributed by atoms with van der Waals surface area (Å²) in [5, 5.41) is 0. The number of ether oxygens (including phenoxy) is 6. The Morgan fingerprint density at radius 2 is 1.48 bits per heavy atom. The van der Waals surface area contributed by atoms with E-state index >= 15 is 0 Å². The van der Waals surface area contributed by atoms with E-state index in [1.807, 2.05) is 0 Å². The third-order valence-corrected chi connectivity index (χ3v) is 12.4. The third kappa shape index (κ3) is 10.2. The number of aromatic nitrogens is 1. The first kappa shape index (κ1) is 46.0. The number of methoxy groups -OCH3 is 3. The first-order valence-corrected chi connectivity index (χ1v) is 21.9. The zero-order valence-corrected chi connectivity index (χ0v) is 39.0. The molecule has 61 heavy (non-hydrogen) atoms. The molecule has 9 nitrogen and oxygen atoms in total. The highest BCUT2D eigenvalue weighted by Crippen LogP contribution is 2.49. The highest BCUT2D eigenvalue weighted by molar-refractivity contribution is 6.03. The number of allylic oxidation sites excluding steroid dienone is 7. The van der Waals surface area contributed by atoms with E-state index in [0.29, 0.717) is 39.6 Å². The summed E-state index contributed by atoms with van der Waals surface area (Å²) in [6.07, 6.45) is 15.1. The highest BCUT2D eigenvalue weighted by Gasteiger charge is 2.45. The summed E-state index contributed by atoms with van der Waals surface area (Å²) in [6.45, 7) is 23.2. The van der Waals surface area contributed by atoms with Crippen molar-refractivity contribution >= 4 is 17.1 Å². The number of anilines is 1. The molecule has 1 aliphatic carbocycles. The predicted molar refractivity (Wildman–Crippen MR) is 245 cm³/mol. The molecule has 0 radical (unpaired) electrons. The standard InChI is InChI=1S/C52H71N3O6/c1-37-13-19-44-42(35-37)51(5,6)46(55(44)28-30-59-33-34-60-32-31-57-11)21-16-38-14-15-39(48(38)61-49(50(2,3)4)40-23-25-53(9)26-24-40)17-22-47-52(7,8)43-36-41(58-12)18-20-45(43)54(47)27-29-56-10/h13,16-26,35-36,49H,14-15,27-34H2,1-12H3/q+2. The van der Waals surface area contributed by atoms with Crippen LogP contribution in [0.15, 0.2) is 108 Å². The van der Waals surface area contributed by atoms with Crippen molar-refractivity contribution in [1.82, 2.24) is 0 Å². The number of pyridine rings is 1. The number of benzene rings is 2. The normalized spacial score (nSPS) is 18.9. The number of hydrogen-bond acceptors (Lipinski definition) is 7. The minimum Gasteiger partial charge on any atom is -0.497 e. The Balaban J connectivity index is 1.41. The number of rotatable bonds is 19. The van der Waals surface area contributed by atoms with E-state index < -0.39 is 0 Å². The molecule has 1 atom stereocenters. The van der Waals surface area contributed by atoms with Crippen LogP contribution in [-0.4, -0.2) is 84.3 Å². The van der Waals surface area contributed by atoms with Crippen LogP contribution in [0.4, 0.5) is 11.4 Å². The molecule has 1 aromatic heterocycles. The van der Waals surface area contributed by atoms with Crippen molar-refractivity contribution in [3.63, 3.8) is 0 Å². The average Bonchev–Trinajstić information content (AvgIpc) is 3.78.